The molecule has 0 saturated heterocycles. The van der Waals surface area contributed by atoms with E-state index in [1.54, 1.807) is 44.7 Å². The third kappa shape index (κ3) is 3.95. The summed E-state index contributed by atoms with van der Waals surface area (Å²) < 4.78 is 16.4. The first kappa shape index (κ1) is 21.1. The number of hydrogen-bond acceptors (Lipinski definition) is 5. The number of halogens is 1. The highest BCUT2D eigenvalue weighted by Gasteiger charge is 2.27. The van der Waals surface area contributed by atoms with Crippen molar-refractivity contribution in [3.05, 3.63) is 70.9 Å². The fraction of sp³-hybridized carbons (Fsp3) is 0.292. The van der Waals surface area contributed by atoms with E-state index in [1.165, 1.54) is 11.0 Å². The molecule has 2 aliphatic rings. The van der Waals surface area contributed by atoms with Crippen molar-refractivity contribution in [3.63, 3.8) is 0 Å². The third-order valence-electron chi connectivity index (χ3n) is 5.93. The molecule has 1 aromatic carbocycles. The maximum Gasteiger partial charge on any atom is 0.254 e. The number of aryl methyl sites for hydroxylation is 1. The standard InChI is InChI=1S/C24H25FN6O2/c1-14-8-20(25)19(23(32)28-17-5-6-17)9-18(14)16-10-27-31(13-16)22-11-26-21-7-4-15(12-30(21)22)24(33)29(2)3/h4,7-9,11-13,17,27H,5-6,10H2,1-3H3,(H,28,32). The van der Waals surface area contributed by atoms with Crippen LogP contribution in [0.3, 0.4) is 0 Å². The summed E-state index contributed by atoms with van der Waals surface area (Å²) in [6, 6.07) is 6.75. The number of hydrogen-bond donors (Lipinski definition) is 2. The highest BCUT2D eigenvalue weighted by molar-refractivity contribution is 5.96. The molecule has 3 aromatic rings. The lowest BCUT2D eigenvalue weighted by atomic mass is 9.98. The molecule has 2 N–H and O–H groups in total. The van der Waals surface area contributed by atoms with E-state index in [1.807, 2.05) is 22.5 Å². The molecule has 1 aliphatic heterocycles. The van der Waals surface area contributed by atoms with Crippen molar-refractivity contribution in [2.45, 2.75) is 25.8 Å². The quantitative estimate of drug-likeness (QED) is 0.627. The van der Waals surface area contributed by atoms with Crippen molar-refractivity contribution in [1.82, 2.24) is 25.0 Å². The molecule has 2 amide bonds. The third-order valence-corrected chi connectivity index (χ3v) is 5.93. The summed E-state index contributed by atoms with van der Waals surface area (Å²) in [5.74, 6) is -0.252. The Labute approximate surface area is 190 Å². The lowest BCUT2D eigenvalue weighted by Crippen LogP contribution is -2.29. The summed E-state index contributed by atoms with van der Waals surface area (Å²) in [5, 5.41) is 4.68. The largest absolute Gasteiger partial charge is 0.349 e. The molecule has 2 aromatic heterocycles. The van der Waals surface area contributed by atoms with Gasteiger partial charge in [0.2, 0.25) is 0 Å². The van der Waals surface area contributed by atoms with Crippen LogP contribution in [0.1, 0.15) is 44.7 Å². The van der Waals surface area contributed by atoms with Crippen LogP contribution in [0.5, 0.6) is 0 Å². The molecule has 9 heteroatoms. The monoisotopic (exact) mass is 448 g/mol. The van der Waals surface area contributed by atoms with E-state index in [-0.39, 0.29) is 23.4 Å². The molecule has 1 aliphatic carbocycles. The zero-order chi connectivity index (χ0) is 23.3. The second kappa shape index (κ2) is 8.00. The zero-order valence-electron chi connectivity index (χ0n) is 18.7. The number of aromatic nitrogens is 2. The van der Waals surface area contributed by atoms with Gasteiger partial charge in [0, 0.05) is 39.1 Å². The SMILES string of the molecule is Cc1cc(F)c(C(=O)NC2CC2)cc1C1=CN(c2cnc3ccc(C(=O)N(C)C)cn23)NC1. The minimum Gasteiger partial charge on any atom is -0.349 e. The van der Waals surface area contributed by atoms with E-state index in [0.717, 1.165) is 35.4 Å². The summed E-state index contributed by atoms with van der Waals surface area (Å²) in [6.45, 7) is 2.33. The molecule has 1 fully saturated rings. The van der Waals surface area contributed by atoms with Gasteiger partial charge in [-0.25, -0.2) is 14.8 Å². The number of carbonyl (C=O) groups is 2. The zero-order valence-corrected chi connectivity index (χ0v) is 18.7. The minimum atomic E-state index is -0.516. The van der Waals surface area contributed by atoms with E-state index in [0.29, 0.717) is 17.8 Å². The van der Waals surface area contributed by atoms with Gasteiger partial charge in [0.25, 0.3) is 11.8 Å². The summed E-state index contributed by atoms with van der Waals surface area (Å²) in [4.78, 5) is 30.8. The predicted molar refractivity (Wildman–Crippen MR) is 123 cm³/mol. The Bertz CT molecular complexity index is 1310. The first-order chi connectivity index (χ1) is 15.8. The molecule has 0 unspecified atom stereocenters. The Morgan fingerprint density at radius 1 is 1.24 bits per heavy atom. The number of pyridine rings is 1. The van der Waals surface area contributed by atoms with E-state index in [2.05, 4.69) is 15.7 Å². The molecule has 3 heterocycles. The number of benzene rings is 1. The van der Waals surface area contributed by atoms with Crippen molar-refractivity contribution < 1.29 is 14.0 Å². The van der Waals surface area contributed by atoms with Crippen LogP contribution in [-0.2, 0) is 0 Å². The number of fused-ring (bicyclic) bond motifs is 1. The molecule has 5 rings (SSSR count). The second-order valence-electron chi connectivity index (χ2n) is 8.72. The van der Waals surface area contributed by atoms with Gasteiger partial charge in [0.1, 0.15) is 11.5 Å². The Morgan fingerprint density at radius 3 is 2.76 bits per heavy atom. The maximum atomic E-state index is 14.5. The van der Waals surface area contributed by atoms with Gasteiger partial charge >= 0.3 is 0 Å². The molecular formula is C24H25FN6O2. The fourth-order valence-electron chi connectivity index (χ4n) is 3.94. The topological polar surface area (TPSA) is 82.0 Å². The first-order valence-corrected chi connectivity index (χ1v) is 10.9. The summed E-state index contributed by atoms with van der Waals surface area (Å²) >= 11 is 0. The maximum absolute atomic E-state index is 14.5. The number of carbonyl (C=O) groups excluding carboxylic acids is 2. The molecule has 0 spiro atoms. The van der Waals surface area contributed by atoms with Gasteiger partial charge < -0.3 is 10.2 Å². The van der Waals surface area contributed by atoms with Crippen molar-refractivity contribution in [2.24, 2.45) is 0 Å². The van der Waals surface area contributed by atoms with Gasteiger partial charge in [-0.3, -0.25) is 19.0 Å². The lowest BCUT2D eigenvalue weighted by Gasteiger charge is -2.16. The van der Waals surface area contributed by atoms with Crippen molar-refractivity contribution >= 4 is 28.9 Å². The number of amides is 2. The predicted octanol–water partition coefficient (Wildman–Crippen LogP) is 2.74. The second-order valence-corrected chi connectivity index (χ2v) is 8.72. The number of anilines is 1. The molecule has 0 atom stereocenters. The van der Waals surface area contributed by atoms with Crippen LogP contribution in [0.15, 0.2) is 42.9 Å². The highest BCUT2D eigenvalue weighted by Crippen LogP contribution is 2.28. The molecular weight excluding hydrogens is 423 g/mol. The fourth-order valence-corrected chi connectivity index (χ4v) is 3.94. The van der Waals surface area contributed by atoms with Crippen LogP contribution in [0, 0.1) is 12.7 Å². The van der Waals surface area contributed by atoms with Gasteiger partial charge in [-0.1, -0.05) is 0 Å². The van der Waals surface area contributed by atoms with Crippen LogP contribution in [0.2, 0.25) is 0 Å². The summed E-state index contributed by atoms with van der Waals surface area (Å²) in [5.41, 5.74) is 7.10. The highest BCUT2D eigenvalue weighted by atomic mass is 19.1. The molecule has 170 valence electrons. The summed E-state index contributed by atoms with van der Waals surface area (Å²) in [7, 11) is 3.42. The van der Waals surface area contributed by atoms with Gasteiger partial charge in [-0.05, 0) is 60.7 Å². The Balaban J connectivity index is 1.47. The Hall–Kier alpha value is -3.72. The lowest BCUT2D eigenvalue weighted by molar-refractivity contribution is 0.0826. The van der Waals surface area contributed by atoms with Crippen LogP contribution >= 0.6 is 0 Å². The van der Waals surface area contributed by atoms with Gasteiger partial charge in [0.15, 0.2) is 5.82 Å². The number of nitrogens with zero attached hydrogens (tertiary/aromatic N) is 4. The van der Waals surface area contributed by atoms with E-state index < -0.39 is 5.82 Å². The molecule has 0 bridgehead atoms. The molecule has 33 heavy (non-hydrogen) atoms. The number of imidazole rings is 1. The normalized spacial score (nSPS) is 15.6. The minimum absolute atomic E-state index is 0.0588. The van der Waals surface area contributed by atoms with Gasteiger partial charge in [0.05, 0.1) is 17.3 Å². The Kier molecular flexibility index (Phi) is 5.13. The van der Waals surface area contributed by atoms with Crippen LogP contribution < -0.4 is 15.8 Å². The number of nitrogens with one attached hydrogen (secondary N) is 2. The average molecular weight is 449 g/mol. The van der Waals surface area contributed by atoms with Crippen molar-refractivity contribution in [2.75, 3.05) is 25.6 Å². The van der Waals surface area contributed by atoms with E-state index in [9.17, 15) is 14.0 Å². The van der Waals surface area contributed by atoms with Gasteiger partial charge in [-0.15, -0.1) is 0 Å². The molecule has 0 radical (unpaired) electrons. The van der Waals surface area contributed by atoms with Crippen molar-refractivity contribution in [3.8, 4) is 0 Å². The smallest absolute Gasteiger partial charge is 0.254 e. The average Bonchev–Trinajstić information content (AvgIpc) is 3.30. The first-order valence-electron chi connectivity index (χ1n) is 10.9. The van der Waals surface area contributed by atoms with E-state index in [4.69, 9.17) is 0 Å². The number of rotatable bonds is 5. The molecule has 8 nitrogen and oxygen atoms in total. The van der Waals surface area contributed by atoms with Crippen LogP contribution in [-0.4, -0.2) is 52.8 Å². The van der Waals surface area contributed by atoms with Crippen LogP contribution in [0.4, 0.5) is 10.2 Å². The number of hydrazine groups is 1. The van der Waals surface area contributed by atoms with Gasteiger partial charge in [-0.2, -0.15) is 0 Å². The van der Waals surface area contributed by atoms with Crippen molar-refractivity contribution in [1.29, 1.82) is 0 Å². The van der Waals surface area contributed by atoms with Crippen LogP contribution in [0.25, 0.3) is 11.2 Å². The van der Waals surface area contributed by atoms with E-state index >= 15 is 0 Å². The summed E-state index contributed by atoms with van der Waals surface area (Å²) in [6.07, 6.45) is 7.27. The molecule has 1 saturated carbocycles. The Morgan fingerprint density at radius 2 is 2.03 bits per heavy atom.